The molecule has 0 fully saturated rings. The number of carbonyl (C=O) groups excluding carboxylic acids is 1. The maximum absolute atomic E-state index is 11.9. The van der Waals surface area contributed by atoms with Gasteiger partial charge in [-0.05, 0) is 30.3 Å². The molecule has 0 saturated heterocycles. The minimum absolute atomic E-state index is 0.222. The maximum atomic E-state index is 11.9. The third-order valence-electron chi connectivity index (χ3n) is 2.25. The van der Waals surface area contributed by atoms with Crippen molar-refractivity contribution in [1.29, 1.82) is 0 Å². The van der Waals surface area contributed by atoms with Crippen molar-refractivity contribution in [3.05, 3.63) is 50.1 Å². The predicted molar refractivity (Wildman–Crippen MR) is 79.2 cm³/mol. The van der Waals surface area contributed by atoms with Gasteiger partial charge in [-0.15, -0.1) is 24.0 Å². The van der Waals surface area contributed by atoms with E-state index in [1.165, 1.54) is 11.3 Å². The summed E-state index contributed by atoms with van der Waals surface area (Å²) in [6.45, 7) is 0.434. The van der Waals surface area contributed by atoms with E-state index in [-0.39, 0.29) is 5.91 Å². The first-order valence-corrected chi connectivity index (χ1v) is 7.09. The van der Waals surface area contributed by atoms with Crippen LogP contribution < -0.4 is 5.32 Å². The topological polar surface area (TPSA) is 29.1 Å². The van der Waals surface area contributed by atoms with Crippen LogP contribution in [0.2, 0.25) is 9.36 Å². The highest BCUT2D eigenvalue weighted by Gasteiger charge is 2.10. The van der Waals surface area contributed by atoms with Crippen molar-refractivity contribution in [3.63, 3.8) is 0 Å². The molecule has 1 amide bonds. The van der Waals surface area contributed by atoms with Gasteiger partial charge in [-0.3, -0.25) is 4.79 Å². The lowest BCUT2D eigenvalue weighted by molar-refractivity contribution is 0.0951. The molecule has 18 heavy (non-hydrogen) atoms. The van der Waals surface area contributed by atoms with E-state index in [0.717, 1.165) is 4.88 Å². The van der Waals surface area contributed by atoms with Gasteiger partial charge in [0.2, 0.25) is 0 Å². The van der Waals surface area contributed by atoms with Crippen LogP contribution in [-0.4, -0.2) is 5.91 Å². The van der Waals surface area contributed by atoms with Gasteiger partial charge in [-0.1, -0.05) is 23.2 Å². The Balaban J connectivity index is 2.05. The van der Waals surface area contributed by atoms with Gasteiger partial charge in [-0.2, -0.15) is 0 Å². The van der Waals surface area contributed by atoms with E-state index in [4.69, 9.17) is 23.2 Å². The number of hydrogen-bond acceptors (Lipinski definition) is 3. The Bertz CT molecular complexity index is 583. The highest BCUT2D eigenvalue weighted by atomic mass is 35.5. The molecule has 1 heterocycles. The van der Waals surface area contributed by atoms with Crippen molar-refractivity contribution in [2.75, 3.05) is 0 Å². The molecule has 6 heteroatoms. The van der Waals surface area contributed by atoms with Gasteiger partial charge in [0.05, 0.1) is 21.5 Å². The Morgan fingerprint density at radius 1 is 1.28 bits per heavy atom. The molecule has 0 unspecified atom stereocenters. The number of rotatable bonds is 3. The van der Waals surface area contributed by atoms with Gasteiger partial charge in [0.15, 0.2) is 0 Å². The molecule has 2 rings (SSSR count). The van der Waals surface area contributed by atoms with Crippen LogP contribution >= 0.6 is 47.2 Å². The zero-order valence-corrected chi connectivity index (χ0v) is 12.3. The molecule has 0 aliphatic carbocycles. The summed E-state index contributed by atoms with van der Waals surface area (Å²) in [4.78, 5) is 13.6. The highest BCUT2D eigenvalue weighted by molar-refractivity contribution is 7.80. The lowest BCUT2D eigenvalue weighted by atomic mass is 10.2. The van der Waals surface area contributed by atoms with E-state index >= 15 is 0 Å². The summed E-state index contributed by atoms with van der Waals surface area (Å²) in [5, 5.41) is 3.20. The number of hydrogen-bond donors (Lipinski definition) is 2. The van der Waals surface area contributed by atoms with Gasteiger partial charge in [0.25, 0.3) is 5.91 Å². The smallest absolute Gasteiger partial charge is 0.253 e. The molecule has 0 spiro atoms. The first-order chi connectivity index (χ1) is 8.56. The Kier molecular flexibility index (Phi) is 4.56. The molecule has 0 bridgehead atoms. The molecule has 0 atom stereocenters. The number of halogens is 2. The maximum Gasteiger partial charge on any atom is 0.253 e. The van der Waals surface area contributed by atoms with Crippen molar-refractivity contribution < 1.29 is 4.79 Å². The Labute approximate surface area is 124 Å². The third-order valence-corrected chi connectivity index (χ3v) is 4.09. The number of amides is 1. The van der Waals surface area contributed by atoms with E-state index in [9.17, 15) is 4.79 Å². The molecule has 2 nitrogen and oxygen atoms in total. The summed E-state index contributed by atoms with van der Waals surface area (Å²) >= 11 is 17.4. The van der Waals surface area contributed by atoms with Gasteiger partial charge >= 0.3 is 0 Å². The minimum Gasteiger partial charge on any atom is -0.347 e. The van der Waals surface area contributed by atoms with Crippen molar-refractivity contribution in [2.24, 2.45) is 0 Å². The Morgan fingerprint density at radius 2 is 2.06 bits per heavy atom. The van der Waals surface area contributed by atoms with Gasteiger partial charge in [-0.25, -0.2) is 0 Å². The second-order valence-corrected chi connectivity index (χ2v) is 6.28. The van der Waals surface area contributed by atoms with Crippen LogP contribution in [0.1, 0.15) is 15.2 Å². The van der Waals surface area contributed by atoms with Crippen LogP contribution in [0, 0.1) is 0 Å². The molecule has 1 N–H and O–H groups in total. The molecular weight excluding hydrogens is 309 g/mol. The Morgan fingerprint density at radius 3 is 2.72 bits per heavy atom. The van der Waals surface area contributed by atoms with E-state index in [1.54, 1.807) is 24.3 Å². The molecular formula is C12H9Cl2NOS2. The summed E-state index contributed by atoms with van der Waals surface area (Å²) < 4.78 is 0.703. The van der Waals surface area contributed by atoms with Crippen molar-refractivity contribution in [2.45, 2.75) is 11.4 Å². The van der Waals surface area contributed by atoms with Crippen molar-refractivity contribution >= 4 is 53.1 Å². The fraction of sp³-hybridized carbons (Fsp3) is 0.0833. The number of thiophene rings is 1. The third kappa shape index (κ3) is 3.42. The summed E-state index contributed by atoms with van der Waals surface area (Å²) in [6, 6.07) is 8.71. The fourth-order valence-electron chi connectivity index (χ4n) is 1.40. The van der Waals surface area contributed by atoms with Crippen LogP contribution in [0.3, 0.4) is 0 Å². The molecule has 0 radical (unpaired) electrons. The van der Waals surface area contributed by atoms with Gasteiger partial charge < -0.3 is 5.32 Å². The van der Waals surface area contributed by atoms with Crippen LogP contribution in [0.25, 0.3) is 0 Å². The van der Waals surface area contributed by atoms with E-state index in [1.807, 2.05) is 6.07 Å². The zero-order valence-electron chi connectivity index (χ0n) is 9.11. The first kappa shape index (κ1) is 13.7. The molecule has 0 aliphatic rings. The molecule has 94 valence electrons. The monoisotopic (exact) mass is 317 g/mol. The minimum atomic E-state index is -0.222. The predicted octanol–water partition coefficient (Wildman–Crippen LogP) is 4.27. The molecule has 2 aromatic rings. The van der Waals surface area contributed by atoms with Gasteiger partial charge in [0.1, 0.15) is 0 Å². The number of benzene rings is 1. The molecule has 0 aliphatic heterocycles. The molecule has 1 aromatic carbocycles. The molecule has 0 saturated carbocycles. The summed E-state index contributed by atoms with van der Waals surface area (Å²) in [5.41, 5.74) is 0.423. The fourth-order valence-corrected chi connectivity index (χ4v) is 2.83. The quantitative estimate of drug-likeness (QED) is 0.813. The number of carbonyl (C=O) groups is 1. The second-order valence-electron chi connectivity index (χ2n) is 3.55. The van der Waals surface area contributed by atoms with Crippen molar-refractivity contribution in [1.82, 2.24) is 5.32 Å². The number of nitrogens with one attached hydrogen (secondary N) is 1. The van der Waals surface area contributed by atoms with E-state index < -0.39 is 0 Å². The standard InChI is InChI=1S/C12H9Cl2NOS2/c13-10-3-1-7(17)5-9(10)12(16)15-6-8-2-4-11(14)18-8/h1-5,17H,6H2,(H,15,16). The van der Waals surface area contributed by atoms with Gasteiger partial charge in [0, 0.05) is 9.77 Å². The SMILES string of the molecule is O=C(NCc1ccc(Cl)s1)c1cc(S)ccc1Cl. The van der Waals surface area contributed by atoms with Crippen LogP contribution in [0.15, 0.2) is 35.2 Å². The molecule has 1 aromatic heterocycles. The van der Waals surface area contributed by atoms with E-state index in [0.29, 0.717) is 26.4 Å². The lowest BCUT2D eigenvalue weighted by Gasteiger charge is -2.06. The summed E-state index contributed by atoms with van der Waals surface area (Å²) in [7, 11) is 0. The summed E-state index contributed by atoms with van der Waals surface area (Å²) in [6.07, 6.45) is 0. The second kappa shape index (κ2) is 5.97. The number of thiol groups is 1. The van der Waals surface area contributed by atoms with Crippen LogP contribution in [0.4, 0.5) is 0 Å². The van der Waals surface area contributed by atoms with Crippen LogP contribution in [-0.2, 0) is 6.54 Å². The summed E-state index contributed by atoms with van der Waals surface area (Å²) in [5.74, 6) is -0.222. The average Bonchev–Trinajstić information content (AvgIpc) is 2.75. The highest BCUT2D eigenvalue weighted by Crippen LogP contribution is 2.22. The largest absolute Gasteiger partial charge is 0.347 e. The van der Waals surface area contributed by atoms with Crippen molar-refractivity contribution in [3.8, 4) is 0 Å². The Hall–Kier alpha value is -0.680. The lowest BCUT2D eigenvalue weighted by Crippen LogP contribution is -2.22. The van der Waals surface area contributed by atoms with Crippen LogP contribution in [0.5, 0.6) is 0 Å². The first-order valence-electron chi connectivity index (χ1n) is 5.07. The van der Waals surface area contributed by atoms with E-state index in [2.05, 4.69) is 17.9 Å². The zero-order chi connectivity index (χ0) is 13.1. The average molecular weight is 318 g/mol. The normalized spacial score (nSPS) is 10.4.